The van der Waals surface area contributed by atoms with Crippen molar-refractivity contribution >= 4 is 5.91 Å². The normalized spacial score (nSPS) is 29.0. The summed E-state index contributed by atoms with van der Waals surface area (Å²) in [5, 5.41) is 6.27. The van der Waals surface area contributed by atoms with Crippen LogP contribution in [0.1, 0.15) is 51.9 Å². The number of hydrogen-bond donors (Lipinski definition) is 2. The fourth-order valence-electron chi connectivity index (χ4n) is 2.82. The van der Waals surface area contributed by atoms with E-state index >= 15 is 0 Å². The second kappa shape index (κ2) is 6.39. The second-order valence-electron chi connectivity index (χ2n) is 5.93. The Bertz CT molecular complexity index is 251. The molecule has 1 amide bonds. The molecule has 0 spiro atoms. The van der Waals surface area contributed by atoms with Gasteiger partial charge in [0.25, 0.3) is 0 Å². The van der Waals surface area contributed by atoms with Crippen LogP contribution in [0.15, 0.2) is 0 Å². The maximum atomic E-state index is 11.5. The van der Waals surface area contributed by atoms with Crippen molar-refractivity contribution in [3.8, 4) is 0 Å². The Morgan fingerprint density at radius 3 is 2.76 bits per heavy atom. The zero-order valence-corrected chi connectivity index (χ0v) is 11.0. The lowest BCUT2D eigenvalue weighted by atomic mass is 9.81. The van der Waals surface area contributed by atoms with Crippen molar-refractivity contribution in [1.82, 2.24) is 10.6 Å². The van der Waals surface area contributed by atoms with Crippen LogP contribution in [-0.2, 0) is 4.79 Å². The van der Waals surface area contributed by atoms with Crippen molar-refractivity contribution < 1.29 is 4.79 Å². The zero-order valence-electron chi connectivity index (χ0n) is 11.0. The third kappa shape index (κ3) is 5.07. The topological polar surface area (TPSA) is 41.1 Å². The number of amides is 1. The highest BCUT2D eigenvalue weighted by molar-refractivity contribution is 5.78. The standard InChI is InChI=1S/C14H26N2O/c1-11-3-2-4-12(9-11)7-8-15-14(17)10-16-13-5-6-13/h11-13,16H,2-10H2,1H3,(H,15,17). The summed E-state index contributed by atoms with van der Waals surface area (Å²) < 4.78 is 0. The van der Waals surface area contributed by atoms with Gasteiger partial charge in [0.15, 0.2) is 0 Å². The first kappa shape index (κ1) is 12.9. The molecule has 3 nitrogen and oxygen atoms in total. The van der Waals surface area contributed by atoms with E-state index in [1.54, 1.807) is 0 Å². The van der Waals surface area contributed by atoms with E-state index in [1.807, 2.05) is 0 Å². The molecule has 0 aromatic rings. The van der Waals surface area contributed by atoms with Gasteiger partial charge in [0.05, 0.1) is 6.54 Å². The second-order valence-corrected chi connectivity index (χ2v) is 5.93. The van der Waals surface area contributed by atoms with Crippen molar-refractivity contribution in [3.05, 3.63) is 0 Å². The molecule has 0 aromatic carbocycles. The van der Waals surface area contributed by atoms with Crippen LogP contribution in [0.2, 0.25) is 0 Å². The third-order valence-electron chi connectivity index (χ3n) is 4.05. The number of carbonyl (C=O) groups is 1. The van der Waals surface area contributed by atoms with Crippen LogP contribution in [-0.4, -0.2) is 25.0 Å². The van der Waals surface area contributed by atoms with Crippen LogP contribution in [0, 0.1) is 11.8 Å². The summed E-state index contributed by atoms with van der Waals surface area (Å²) in [4.78, 5) is 11.5. The number of rotatable bonds is 6. The first-order chi connectivity index (χ1) is 8.24. The summed E-state index contributed by atoms with van der Waals surface area (Å²) in [6.07, 6.45) is 9.15. The minimum Gasteiger partial charge on any atom is -0.355 e. The molecule has 2 atom stereocenters. The molecule has 2 unspecified atom stereocenters. The average Bonchev–Trinajstić information content (AvgIpc) is 3.10. The van der Waals surface area contributed by atoms with E-state index in [9.17, 15) is 4.79 Å². The van der Waals surface area contributed by atoms with E-state index in [1.165, 1.54) is 44.9 Å². The van der Waals surface area contributed by atoms with Crippen molar-refractivity contribution in [2.24, 2.45) is 11.8 Å². The highest BCUT2D eigenvalue weighted by Gasteiger charge is 2.21. The molecule has 2 aliphatic rings. The fourth-order valence-corrected chi connectivity index (χ4v) is 2.82. The van der Waals surface area contributed by atoms with Crippen molar-refractivity contribution in [1.29, 1.82) is 0 Å². The van der Waals surface area contributed by atoms with E-state index in [0.29, 0.717) is 12.6 Å². The Balaban J connectivity index is 1.50. The maximum Gasteiger partial charge on any atom is 0.233 e. The molecule has 0 bridgehead atoms. The molecule has 2 fully saturated rings. The SMILES string of the molecule is CC1CCCC(CCNC(=O)CNC2CC2)C1. The summed E-state index contributed by atoms with van der Waals surface area (Å²) in [5.74, 6) is 1.90. The molecule has 17 heavy (non-hydrogen) atoms. The molecule has 0 heterocycles. The van der Waals surface area contributed by atoms with E-state index in [-0.39, 0.29) is 5.91 Å². The van der Waals surface area contributed by atoms with Crippen LogP contribution in [0.4, 0.5) is 0 Å². The van der Waals surface area contributed by atoms with Gasteiger partial charge in [-0.15, -0.1) is 0 Å². The fraction of sp³-hybridized carbons (Fsp3) is 0.929. The van der Waals surface area contributed by atoms with Gasteiger partial charge in [-0.2, -0.15) is 0 Å². The Morgan fingerprint density at radius 2 is 2.06 bits per heavy atom. The van der Waals surface area contributed by atoms with Crippen LogP contribution in [0.3, 0.4) is 0 Å². The van der Waals surface area contributed by atoms with Crippen LogP contribution in [0.25, 0.3) is 0 Å². The van der Waals surface area contributed by atoms with Gasteiger partial charge in [0.1, 0.15) is 0 Å². The minimum atomic E-state index is 0.167. The van der Waals surface area contributed by atoms with Gasteiger partial charge in [-0.05, 0) is 37.5 Å². The lowest BCUT2D eigenvalue weighted by molar-refractivity contribution is -0.120. The lowest BCUT2D eigenvalue weighted by Gasteiger charge is -2.26. The van der Waals surface area contributed by atoms with Gasteiger partial charge in [-0.25, -0.2) is 0 Å². The van der Waals surface area contributed by atoms with E-state index in [0.717, 1.165) is 18.4 Å². The summed E-state index contributed by atoms with van der Waals surface area (Å²) in [6, 6.07) is 0.625. The van der Waals surface area contributed by atoms with E-state index in [2.05, 4.69) is 17.6 Å². The monoisotopic (exact) mass is 238 g/mol. The summed E-state index contributed by atoms with van der Waals surface area (Å²) in [5.41, 5.74) is 0. The molecule has 3 heteroatoms. The summed E-state index contributed by atoms with van der Waals surface area (Å²) in [7, 11) is 0. The predicted molar refractivity (Wildman–Crippen MR) is 69.8 cm³/mol. The van der Waals surface area contributed by atoms with Crippen LogP contribution >= 0.6 is 0 Å². The summed E-state index contributed by atoms with van der Waals surface area (Å²) in [6.45, 7) is 3.72. The molecule has 0 saturated heterocycles. The van der Waals surface area contributed by atoms with Crippen molar-refractivity contribution in [3.63, 3.8) is 0 Å². The largest absolute Gasteiger partial charge is 0.355 e. The van der Waals surface area contributed by atoms with Gasteiger partial charge in [0, 0.05) is 12.6 Å². The Hall–Kier alpha value is -0.570. The maximum absolute atomic E-state index is 11.5. The molecule has 2 N–H and O–H groups in total. The number of carbonyl (C=O) groups excluding carboxylic acids is 1. The van der Waals surface area contributed by atoms with Crippen molar-refractivity contribution in [2.45, 2.75) is 57.9 Å². The number of nitrogens with one attached hydrogen (secondary N) is 2. The highest BCUT2D eigenvalue weighted by atomic mass is 16.1. The van der Waals surface area contributed by atoms with E-state index in [4.69, 9.17) is 0 Å². The van der Waals surface area contributed by atoms with Crippen LogP contribution in [0.5, 0.6) is 0 Å². The highest BCUT2D eigenvalue weighted by Crippen LogP contribution is 2.30. The average molecular weight is 238 g/mol. The summed E-state index contributed by atoms with van der Waals surface area (Å²) >= 11 is 0. The molecule has 0 aromatic heterocycles. The third-order valence-corrected chi connectivity index (χ3v) is 4.05. The Labute approximate surface area is 105 Å². The molecular weight excluding hydrogens is 212 g/mol. The van der Waals surface area contributed by atoms with Gasteiger partial charge < -0.3 is 10.6 Å². The molecular formula is C14H26N2O. The van der Waals surface area contributed by atoms with Crippen LogP contribution < -0.4 is 10.6 Å². The van der Waals surface area contributed by atoms with E-state index < -0.39 is 0 Å². The first-order valence-corrected chi connectivity index (χ1v) is 7.24. The molecule has 2 aliphatic carbocycles. The molecule has 2 saturated carbocycles. The quantitative estimate of drug-likeness (QED) is 0.744. The molecule has 0 aliphatic heterocycles. The first-order valence-electron chi connectivity index (χ1n) is 7.24. The number of hydrogen-bond acceptors (Lipinski definition) is 2. The van der Waals surface area contributed by atoms with Gasteiger partial charge >= 0.3 is 0 Å². The van der Waals surface area contributed by atoms with Crippen molar-refractivity contribution in [2.75, 3.05) is 13.1 Å². The smallest absolute Gasteiger partial charge is 0.233 e. The molecule has 98 valence electrons. The molecule has 0 radical (unpaired) electrons. The zero-order chi connectivity index (χ0) is 12.1. The van der Waals surface area contributed by atoms with Gasteiger partial charge in [-0.1, -0.05) is 26.2 Å². The Morgan fingerprint density at radius 1 is 1.24 bits per heavy atom. The van der Waals surface area contributed by atoms with Gasteiger partial charge in [0.2, 0.25) is 5.91 Å². The minimum absolute atomic E-state index is 0.167. The van der Waals surface area contributed by atoms with Gasteiger partial charge in [-0.3, -0.25) is 4.79 Å². The lowest BCUT2D eigenvalue weighted by Crippen LogP contribution is -2.36. The predicted octanol–water partition coefficient (Wildman–Crippen LogP) is 2.07. The Kier molecular flexibility index (Phi) is 4.84. The molecule has 2 rings (SSSR count).